The van der Waals surface area contributed by atoms with E-state index in [9.17, 15) is 9.59 Å². The Balaban J connectivity index is 1.76. The molecule has 0 atom stereocenters. The van der Waals surface area contributed by atoms with Crippen LogP contribution in [0.5, 0.6) is 0 Å². The Hall–Kier alpha value is -2.34. The van der Waals surface area contributed by atoms with E-state index in [0.29, 0.717) is 18.7 Å². The van der Waals surface area contributed by atoms with Crippen LogP contribution in [0.4, 0.5) is 4.79 Å². The summed E-state index contributed by atoms with van der Waals surface area (Å²) in [4.78, 5) is 25.0. The highest BCUT2D eigenvalue weighted by Gasteiger charge is 2.13. The van der Waals surface area contributed by atoms with Crippen molar-refractivity contribution in [3.05, 3.63) is 47.0 Å². The molecule has 0 saturated carbocycles. The molecule has 2 rings (SSSR count). The molecule has 0 unspecified atom stereocenters. The minimum atomic E-state index is -0.497. The van der Waals surface area contributed by atoms with Gasteiger partial charge in [-0.15, -0.1) is 0 Å². The van der Waals surface area contributed by atoms with Gasteiger partial charge in [0.2, 0.25) is 0 Å². The molecule has 1 heterocycles. The zero-order chi connectivity index (χ0) is 16.7. The number of hydrogen-bond acceptors (Lipinski definition) is 3. The molecule has 1 aliphatic heterocycles. The molecular weight excluding hydrogens is 292 g/mol. The third-order valence-corrected chi connectivity index (χ3v) is 3.82. The van der Waals surface area contributed by atoms with Gasteiger partial charge in [0.25, 0.3) is 5.91 Å². The van der Waals surface area contributed by atoms with Gasteiger partial charge in [-0.3, -0.25) is 9.69 Å². The van der Waals surface area contributed by atoms with Gasteiger partial charge in [-0.2, -0.15) is 0 Å². The monoisotopic (exact) mass is 316 g/mol. The molecule has 6 nitrogen and oxygen atoms in total. The van der Waals surface area contributed by atoms with E-state index < -0.39 is 6.03 Å². The van der Waals surface area contributed by atoms with Crippen LogP contribution in [0, 0.1) is 6.92 Å². The molecule has 23 heavy (non-hydrogen) atoms. The lowest BCUT2D eigenvalue weighted by molar-refractivity contribution is 0.0956. The lowest BCUT2D eigenvalue weighted by Gasteiger charge is -2.27. The number of rotatable bonds is 6. The number of nitrogens with two attached hydrogens (primary N) is 1. The van der Waals surface area contributed by atoms with E-state index in [2.05, 4.69) is 21.6 Å². The maximum absolute atomic E-state index is 12.1. The fourth-order valence-corrected chi connectivity index (χ4v) is 2.54. The first-order valence-electron chi connectivity index (χ1n) is 7.83. The van der Waals surface area contributed by atoms with Crippen LogP contribution >= 0.6 is 0 Å². The number of nitrogens with zero attached hydrogens (tertiary/aromatic N) is 1. The fourth-order valence-electron chi connectivity index (χ4n) is 2.54. The van der Waals surface area contributed by atoms with Crippen molar-refractivity contribution in [3.8, 4) is 0 Å². The summed E-state index contributed by atoms with van der Waals surface area (Å²) < 4.78 is 0. The summed E-state index contributed by atoms with van der Waals surface area (Å²) in [6.45, 7) is 5.59. The molecule has 0 radical (unpaired) electrons. The van der Waals surface area contributed by atoms with Gasteiger partial charge >= 0.3 is 6.03 Å². The van der Waals surface area contributed by atoms with Gasteiger partial charge in [-0.1, -0.05) is 23.8 Å². The van der Waals surface area contributed by atoms with Gasteiger partial charge in [0.1, 0.15) is 0 Å². The summed E-state index contributed by atoms with van der Waals surface area (Å²) in [6, 6.07) is 7.04. The van der Waals surface area contributed by atoms with Crippen molar-refractivity contribution >= 4 is 11.9 Å². The molecule has 124 valence electrons. The Bertz CT molecular complexity index is 581. The molecule has 1 aromatic carbocycles. The standard InChI is InChI=1S/C17H24N4O2/c1-13-4-6-15(7-5-13)16(22)20-11-14-3-2-9-21(12-14)10-8-19-17(18)23/h3-7H,2,8-12H2,1H3,(H,20,22)(H3,18,19,23). The van der Waals surface area contributed by atoms with Crippen LogP contribution in [0.1, 0.15) is 22.3 Å². The van der Waals surface area contributed by atoms with E-state index in [1.807, 2.05) is 31.2 Å². The average Bonchev–Trinajstić information content (AvgIpc) is 2.53. The number of carbonyl (C=O) groups is 2. The van der Waals surface area contributed by atoms with Crippen molar-refractivity contribution in [2.45, 2.75) is 13.3 Å². The van der Waals surface area contributed by atoms with Gasteiger partial charge in [-0.05, 0) is 31.1 Å². The second-order valence-corrected chi connectivity index (χ2v) is 5.77. The highest BCUT2D eigenvalue weighted by molar-refractivity contribution is 5.94. The summed E-state index contributed by atoms with van der Waals surface area (Å²) in [5, 5.41) is 5.55. The first kappa shape index (κ1) is 17.0. The van der Waals surface area contributed by atoms with Crippen molar-refractivity contribution in [1.29, 1.82) is 0 Å². The van der Waals surface area contributed by atoms with Gasteiger partial charge in [0.05, 0.1) is 0 Å². The SMILES string of the molecule is Cc1ccc(C(=O)NCC2=CCCN(CCNC(N)=O)C2)cc1. The lowest BCUT2D eigenvalue weighted by Crippen LogP contribution is -2.40. The summed E-state index contributed by atoms with van der Waals surface area (Å²) in [6.07, 6.45) is 3.12. The number of nitrogens with one attached hydrogen (secondary N) is 2. The molecule has 0 spiro atoms. The van der Waals surface area contributed by atoms with Crippen LogP contribution in [-0.2, 0) is 0 Å². The molecule has 3 amide bonds. The summed E-state index contributed by atoms with van der Waals surface area (Å²) in [5.74, 6) is -0.0570. The minimum Gasteiger partial charge on any atom is -0.352 e. The molecule has 0 bridgehead atoms. The van der Waals surface area contributed by atoms with Crippen LogP contribution in [0.2, 0.25) is 0 Å². The van der Waals surface area contributed by atoms with Gasteiger partial charge in [0, 0.05) is 38.3 Å². The quantitative estimate of drug-likeness (QED) is 0.685. The summed E-state index contributed by atoms with van der Waals surface area (Å²) in [7, 11) is 0. The fraction of sp³-hybridized carbons (Fsp3) is 0.412. The number of aryl methyl sites for hydroxylation is 1. The van der Waals surface area contributed by atoms with E-state index >= 15 is 0 Å². The molecular formula is C17H24N4O2. The Morgan fingerprint density at radius 2 is 1.96 bits per heavy atom. The number of urea groups is 1. The van der Waals surface area contributed by atoms with E-state index in [-0.39, 0.29) is 5.91 Å². The number of benzene rings is 1. The van der Waals surface area contributed by atoms with Crippen LogP contribution in [0.25, 0.3) is 0 Å². The van der Waals surface area contributed by atoms with Crippen molar-refractivity contribution in [2.75, 3.05) is 32.7 Å². The van der Waals surface area contributed by atoms with E-state index in [1.165, 1.54) is 5.57 Å². The lowest BCUT2D eigenvalue weighted by atomic mass is 10.1. The number of amides is 3. The molecule has 4 N–H and O–H groups in total. The molecule has 6 heteroatoms. The van der Waals surface area contributed by atoms with Gasteiger partial charge in [-0.25, -0.2) is 4.79 Å². The zero-order valence-electron chi connectivity index (χ0n) is 13.5. The average molecular weight is 316 g/mol. The molecule has 1 aliphatic rings. The normalized spacial score (nSPS) is 14.9. The molecule has 0 aromatic heterocycles. The van der Waals surface area contributed by atoms with Crippen LogP contribution in [0.3, 0.4) is 0 Å². The molecule has 1 aromatic rings. The van der Waals surface area contributed by atoms with E-state index in [4.69, 9.17) is 5.73 Å². The number of primary amides is 1. The predicted octanol–water partition coefficient (Wildman–Crippen LogP) is 1.03. The minimum absolute atomic E-state index is 0.0570. The maximum atomic E-state index is 12.1. The maximum Gasteiger partial charge on any atom is 0.312 e. The van der Waals surface area contributed by atoms with Crippen molar-refractivity contribution in [1.82, 2.24) is 15.5 Å². The Labute approximate surface area is 136 Å². The molecule has 0 fully saturated rings. The second kappa shape index (κ2) is 8.33. The number of carbonyl (C=O) groups excluding carboxylic acids is 2. The van der Waals surface area contributed by atoms with Crippen LogP contribution < -0.4 is 16.4 Å². The Morgan fingerprint density at radius 3 is 2.65 bits per heavy atom. The number of hydrogen-bond donors (Lipinski definition) is 3. The third kappa shape index (κ3) is 5.75. The third-order valence-electron chi connectivity index (χ3n) is 3.82. The summed E-state index contributed by atoms with van der Waals surface area (Å²) in [5.41, 5.74) is 8.06. The molecule has 0 aliphatic carbocycles. The van der Waals surface area contributed by atoms with Crippen LogP contribution in [-0.4, -0.2) is 49.6 Å². The topological polar surface area (TPSA) is 87.5 Å². The Kier molecular flexibility index (Phi) is 6.17. The first-order chi connectivity index (χ1) is 11.0. The largest absolute Gasteiger partial charge is 0.352 e. The second-order valence-electron chi connectivity index (χ2n) is 5.77. The van der Waals surface area contributed by atoms with Crippen molar-refractivity contribution in [3.63, 3.8) is 0 Å². The first-order valence-corrected chi connectivity index (χ1v) is 7.83. The smallest absolute Gasteiger partial charge is 0.312 e. The predicted molar refractivity (Wildman–Crippen MR) is 90.2 cm³/mol. The zero-order valence-corrected chi connectivity index (χ0v) is 13.5. The van der Waals surface area contributed by atoms with Gasteiger partial charge in [0.15, 0.2) is 0 Å². The van der Waals surface area contributed by atoms with E-state index in [0.717, 1.165) is 31.6 Å². The van der Waals surface area contributed by atoms with E-state index in [1.54, 1.807) is 0 Å². The summed E-state index contributed by atoms with van der Waals surface area (Å²) >= 11 is 0. The highest BCUT2D eigenvalue weighted by atomic mass is 16.2. The van der Waals surface area contributed by atoms with Crippen molar-refractivity contribution in [2.24, 2.45) is 5.73 Å². The van der Waals surface area contributed by atoms with Crippen LogP contribution in [0.15, 0.2) is 35.9 Å². The highest BCUT2D eigenvalue weighted by Crippen LogP contribution is 2.09. The molecule has 0 saturated heterocycles. The van der Waals surface area contributed by atoms with Gasteiger partial charge < -0.3 is 16.4 Å². The van der Waals surface area contributed by atoms with Crippen molar-refractivity contribution < 1.29 is 9.59 Å². The Morgan fingerprint density at radius 1 is 1.22 bits per heavy atom.